The molecule has 5 rings (SSSR count). The van der Waals surface area contributed by atoms with Crippen molar-refractivity contribution in [1.29, 1.82) is 0 Å². The Morgan fingerprint density at radius 3 is 2.52 bits per heavy atom. The first-order chi connectivity index (χ1) is 22.4. The molecule has 3 N–H and O–H groups in total. The van der Waals surface area contributed by atoms with Gasteiger partial charge in [-0.25, -0.2) is 9.97 Å². The molecular formula is C34H46N8O4. The van der Waals surface area contributed by atoms with Crippen LogP contribution in [0, 0.1) is 0 Å². The monoisotopic (exact) mass is 630 g/mol. The van der Waals surface area contributed by atoms with Gasteiger partial charge in [-0.2, -0.15) is 4.99 Å². The van der Waals surface area contributed by atoms with Crippen molar-refractivity contribution in [3.8, 4) is 5.88 Å². The lowest BCUT2D eigenvalue weighted by Crippen LogP contribution is -2.44. The molecule has 12 nitrogen and oxygen atoms in total. The van der Waals surface area contributed by atoms with E-state index in [-0.39, 0.29) is 24.0 Å². The second-order valence-corrected chi connectivity index (χ2v) is 11.8. The van der Waals surface area contributed by atoms with E-state index in [2.05, 4.69) is 37.1 Å². The van der Waals surface area contributed by atoms with Gasteiger partial charge in [-0.15, -0.1) is 0 Å². The summed E-state index contributed by atoms with van der Waals surface area (Å²) in [6.07, 6.45) is 7.35. The van der Waals surface area contributed by atoms with Gasteiger partial charge in [-0.05, 0) is 93.8 Å². The number of amides is 1. The molecule has 4 heterocycles. The Labute approximate surface area is 271 Å². The molecule has 246 valence electrons. The number of hydrogen-bond acceptors (Lipinski definition) is 9. The number of likely N-dealkylation sites (tertiary alicyclic amines) is 1. The maximum Gasteiger partial charge on any atom is 0.253 e. The Kier molecular flexibility index (Phi) is 11.8. The smallest absolute Gasteiger partial charge is 0.253 e. The quantitative estimate of drug-likeness (QED) is 0.173. The van der Waals surface area contributed by atoms with Crippen molar-refractivity contribution in [2.45, 2.75) is 44.4 Å². The summed E-state index contributed by atoms with van der Waals surface area (Å²) in [5.74, 6) is 1.38. The molecule has 2 fully saturated rings. The number of ether oxygens (including phenoxy) is 3. The molecule has 0 unspecified atom stereocenters. The highest BCUT2D eigenvalue weighted by Crippen LogP contribution is 2.29. The van der Waals surface area contributed by atoms with Gasteiger partial charge >= 0.3 is 0 Å². The van der Waals surface area contributed by atoms with Gasteiger partial charge in [-0.1, -0.05) is 0 Å². The Balaban J connectivity index is 1.12. The van der Waals surface area contributed by atoms with Crippen molar-refractivity contribution in [3.63, 3.8) is 0 Å². The fourth-order valence-electron chi connectivity index (χ4n) is 5.79. The van der Waals surface area contributed by atoms with Crippen molar-refractivity contribution in [2.24, 2.45) is 10.7 Å². The highest BCUT2D eigenvalue weighted by molar-refractivity contribution is 5.97. The maximum atomic E-state index is 13.1. The highest BCUT2D eigenvalue weighted by Gasteiger charge is 2.25. The lowest BCUT2D eigenvalue weighted by atomic mass is 10.0. The number of pyridine rings is 2. The Bertz CT molecular complexity index is 1440. The van der Waals surface area contributed by atoms with Gasteiger partial charge in [0, 0.05) is 63.0 Å². The molecule has 1 amide bonds. The number of aromatic nitrogens is 2. The predicted molar refractivity (Wildman–Crippen MR) is 180 cm³/mol. The molecule has 1 aromatic carbocycles. The average molecular weight is 631 g/mol. The van der Waals surface area contributed by atoms with Gasteiger partial charge in [-0.3, -0.25) is 4.79 Å². The first-order valence-corrected chi connectivity index (χ1v) is 15.9. The van der Waals surface area contributed by atoms with Crippen LogP contribution in [-0.2, 0) is 16.1 Å². The molecule has 3 aromatic rings. The van der Waals surface area contributed by atoms with Crippen molar-refractivity contribution in [3.05, 3.63) is 72.1 Å². The summed E-state index contributed by atoms with van der Waals surface area (Å²) < 4.78 is 16.9. The lowest BCUT2D eigenvalue weighted by molar-refractivity contribution is 0.0249. The predicted octanol–water partition coefficient (Wildman–Crippen LogP) is 3.91. The largest absolute Gasteiger partial charge is 0.475 e. The van der Waals surface area contributed by atoms with E-state index in [1.807, 2.05) is 60.5 Å². The zero-order chi connectivity index (χ0) is 32.3. The number of rotatable bonds is 12. The van der Waals surface area contributed by atoms with E-state index < -0.39 is 0 Å². The van der Waals surface area contributed by atoms with Crippen molar-refractivity contribution >= 4 is 29.1 Å². The molecule has 2 aromatic heterocycles. The molecule has 0 radical (unpaired) electrons. The molecule has 0 saturated carbocycles. The number of anilines is 2. The van der Waals surface area contributed by atoms with Crippen LogP contribution in [0.4, 0.5) is 17.2 Å². The van der Waals surface area contributed by atoms with Crippen LogP contribution in [0.3, 0.4) is 0 Å². The van der Waals surface area contributed by atoms with Crippen molar-refractivity contribution in [1.82, 2.24) is 19.8 Å². The second kappa shape index (κ2) is 16.3. The number of methoxy groups -OCH3 is 1. The summed E-state index contributed by atoms with van der Waals surface area (Å²) in [5, 5.41) is 3.14. The van der Waals surface area contributed by atoms with Gasteiger partial charge in [0.25, 0.3) is 5.91 Å². The second-order valence-electron chi connectivity index (χ2n) is 11.8. The van der Waals surface area contributed by atoms with E-state index in [0.717, 1.165) is 68.8 Å². The number of guanidine groups is 1. The third kappa shape index (κ3) is 9.15. The minimum atomic E-state index is 0.0323. The molecule has 46 heavy (non-hydrogen) atoms. The lowest BCUT2D eigenvalue weighted by Gasteiger charge is -2.35. The van der Waals surface area contributed by atoms with Gasteiger partial charge in [0.1, 0.15) is 6.61 Å². The summed E-state index contributed by atoms with van der Waals surface area (Å²) in [5.41, 5.74) is 9.67. The molecule has 12 heteroatoms. The molecule has 0 atom stereocenters. The van der Waals surface area contributed by atoms with Crippen LogP contribution in [-0.4, -0.2) is 104 Å². The van der Waals surface area contributed by atoms with E-state index in [4.69, 9.17) is 19.9 Å². The van der Waals surface area contributed by atoms with Gasteiger partial charge in [0.05, 0.1) is 25.0 Å². The van der Waals surface area contributed by atoms with Crippen LogP contribution >= 0.6 is 0 Å². The van der Waals surface area contributed by atoms with E-state index >= 15 is 0 Å². The number of hydrogen-bond donors (Lipinski definition) is 2. The minimum Gasteiger partial charge on any atom is -0.475 e. The molecular weight excluding hydrogens is 584 g/mol. The Morgan fingerprint density at radius 2 is 1.78 bits per heavy atom. The first-order valence-electron chi connectivity index (χ1n) is 15.9. The SMILES string of the molecule is COCCOc1cc(COC2CCN(c3cccnc3N=C(N)Nc3ccc(C(=O)N(C)C4CCN(C)CC4)cc3)CC2)ccn1. The normalized spacial score (nSPS) is 16.8. The summed E-state index contributed by atoms with van der Waals surface area (Å²) in [6, 6.07) is 15.4. The third-order valence-corrected chi connectivity index (χ3v) is 8.56. The van der Waals surface area contributed by atoms with E-state index in [1.54, 1.807) is 19.5 Å². The third-order valence-electron chi connectivity index (χ3n) is 8.56. The molecule has 2 aliphatic rings. The summed E-state index contributed by atoms with van der Waals surface area (Å²) in [7, 11) is 5.66. The number of nitrogens with zero attached hydrogens (tertiary/aromatic N) is 6. The molecule has 0 bridgehead atoms. The highest BCUT2D eigenvalue weighted by atomic mass is 16.5. The number of piperidine rings is 2. The van der Waals surface area contributed by atoms with Crippen molar-refractivity contribution in [2.75, 3.05) is 70.8 Å². The number of benzene rings is 1. The molecule has 2 saturated heterocycles. The average Bonchev–Trinajstić information content (AvgIpc) is 3.08. The molecule has 0 spiro atoms. The molecule has 2 aliphatic heterocycles. The van der Waals surface area contributed by atoms with Crippen LogP contribution in [0.25, 0.3) is 0 Å². The van der Waals surface area contributed by atoms with Gasteiger partial charge < -0.3 is 40.0 Å². The minimum absolute atomic E-state index is 0.0323. The fourth-order valence-corrected chi connectivity index (χ4v) is 5.79. The number of nitrogens with two attached hydrogens (primary N) is 1. The van der Waals surface area contributed by atoms with Crippen LogP contribution in [0.5, 0.6) is 5.88 Å². The van der Waals surface area contributed by atoms with E-state index in [9.17, 15) is 4.79 Å². The molecule has 0 aliphatic carbocycles. The fraction of sp³-hybridized carbons (Fsp3) is 0.471. The summed E-state index contributed by atoms with van der Waals surface area (Å²) >= 11 is 0. The zero-order valence-corrected chi connectivity index (χ0v) is 27.1. The summed E-state index contributed by atoms with van der Waals surface area (Å²) in [6.45, 7) is 5.13. The Morgan fingerprint density at radius 1 is 1.02 bits per heavy atom. The van der Waals surface area contributed by atoms with Crippen LogP contribution in [0.15, 0.2) is 65.9 Å². The van der Waals surface area contributed by atoms with Crippen molar-refractivity contribution < 1.29 is 19.0 Å². The van der Waals surface area contributed by atoms with Gasteiger partial charge in [0.2, 0.25) is 5.88 Å². The number of carbonyl (C=O) groups is 1. The summed E-state index contributed by atoms with van der Waals surface area (Å²) in [4.78, 5) is 32.9. The number of aliphatic imine (C=N–C) groups is 1. The zero-order valence-electron chi connectivity index (χ0n) is 27.1. The standard InChI is InChI=1S/C34H46N8O4/c1-40-17-11-28(12-18-40)41(2)33(43)26-6-8-27(9-7-26)38-34(35)39-32-30(5-4-15-37-32)42-19-13-29(14-20-42)46-24-25-10-16-36-31(23-25)45-22-21-44-3/h4-10,15-16,23,28-29H,11-14,17-22,24H2,1-3H3,(H3,35,37,38,39). The van der Waals surface area contributed by atoms with Crippen LogP contribution in [0.2, 0.25) is 0 Å². The van der Waals surface area contributed by atoms with E-state index in [1.165, 1.54) is 0 Å². The number of nitrogens with one attached hydrogen (secondary N) is 1. The van der Waals surface area contributed by atoms with Crippen LogP contribution < -0.4 is 20.7 Å². The number of carbonyl (C=O) groups excluding carboxylic acids is 1. The first kappa shape index (κ1) is 33.1. The maximum absolute atomic E-state index is 13.1. The van der Waals surface area contributed by atoms with Crippen LogP contribution in [0.1, 0.15) is 41.6 Å². The topological polar surface area (TPSA) is 131 Å². The van der Waals surface area contributed by atoms with E-state index in [0.29, 0.717) is 37.1 Å². The Hall–Kier alpha value is -4.26. The van der Waals surface area contributed by atoms with Gasteiger partial charge in [0.15, 0.2) is 11.8 Å².